The summed E-state index contributed by atoms with van der Waals surface area (Å²) in [6, 6.07) is 19.7. The lowest BCUT2D eigenvalue weighted by Gasteiger charge is -2.49. The number of methoxy groups -OCH3 is 1. The van der Waals surface area contributed by atoms with Crippen LogP contribution in [0.5, 0.6) is 11.5 Å². The highest BCUT2D eigenvalue weighted by atomic mass is 35.5. The quantitative estimate of drug-likeness (QED) is 0.284. The van der Waals surface area contributed by atoms with Crippen molar-refractivity contribution < 1.29 is 19.4 Å². The molecule has 43 heavy (non-hydrogen) atoms. The third kappa shape index (κ3) is 3.53. The van der Waals surface area contributed by atoms with E-state index in [0.717, 1.165) is 4.57 Å². The standard InChI is InChI=1S/C32H27ClN4O6/c1-34-30(41)35-15-14-21-23(37(35)31(34)42)17-22-28(39)36(20-11-6-10-19(33)16-20)29(40)32(22,18-8-4-3-5-9-18)27(21)26-24(38)12-7-13-25(26)43-2/h3-14,16,22-23,27,38H,15,17H2,1-2H3/t22-,23+,27+,32+/m0/s1. The maximum absolute atomic E-state index is 15.1. The molecule has 1 saturated heterocycles. The van der Waals surface area contributed by atoms with Gasteiger partial charge in [-0.15, -0.1) is 0 Å². The number of aromatic hydroxyl groups is 1. The Morgan fingerprint density at radius 3 is 2.42 bits per heavy atom. The number of rotatable bonds is 4. The first kappa shape index (κ1) is 27.0. The van der Waals surface area contributed by atoms with E-state index >= 15 is 4.79 Å². The number of anilines is 1. The van der Waals surface area contributed by atoms with Gasteiger partial charge in [-0.05, 0) is 47.9 Å². The summed E-state index contributed by atoms with van der Waals surface area (Å²) < 4.78 is 9.51. The number of amides is 2. The third-order valence-corrected chi connectivity index (χ3v) is 9.41. The maximum atomic E-state index is 15.1. The molecule has 11 heteroatoms. The van der Waals surface area contributed by atoms with E-state index in [2.05, 4.69) is 0 Å². The van der Waals surface area contributed by atoms with Gasteiger partial charge >= 0.3 is 11.4 Å². The van der Waals surface area contributed by atoms with Gasteiger partial charge in [-0.3, -0.25) is 9.59 Å². The Hall–Kier alpha value is -4.83. The Morgan fingerprint density at radius 1 is 0.953 bits per heavy atom. The van der Waals surface area contributed by atoms with Gasteiger partial charge in [0.15, 0.2) is 0 Å². The second-order valence-corrected chi connectivity index (χ2v) is 11.5. The van der Waals surface area contributed by atoms with Gasteiger partial charge in [0.1, 0.15) is 11.5 Å². The Labute approximate surface area is 250 Å². The van der Waals surface area contributed by atoms with Crippen molar-refractivity contribution in [3.05, 3.63) is 122 Å². The van der Waals surface area contributed by atoms with E-state index < -0.39 is 46.5 Å². The van der Waals surface area contributed by atoms with Crippen molar-refractivity contribution in [2.75, 3.05) is 12.0 Å². The number of allylic oxidation sites excluding steroid dienone is 2. The zero-order chi connectivity index (χ0) is 30.2. The Kier molecular flexibility index (Phi) is 6.04. The van der Waals surface area contributed by atoms with E-state index in [-0.39, 0.29) is 18.7 Å². The van der Waals surface area contributed by atoms with Crippen molar-refractivity contribution in [3.8, 4) is 11.5 Å². The summed E-state index contributed by atoms with van der Waals surface area (Å²) in [5, 5.41) is 11.8. The molecule has 4 aromatic rings. The van der Waals surface area contributed by atoms with Gasteiger partial charge in [-0.2, -0.15) is 0 Å². The lowest BCUT2D eigenvalue weighted by atomic mass is 9.53. The zero-order valence-corrected chi connectivity index (χ0v) is 24.1. The van der Waals surface area contributed by atoms with Crippen LogP contribution < -0.4 is 21.0 Å². The molecule has 0 bridgehead atoms. The molecular weight excluding hydrogens is 572 g/mol. The average Bonchev–Trinajstić information content (AvgIpc) is 3.38. The van der Waals surface area contributed by atoms with Crippen LogP contribution >= 0.6 is 11.6 Å². The number of carbonyl (C=O) groups is 2. The van der Waals surface area contributed by atoms with Gasteiger partial charge < -0.3 is 9.84 Å². The number of imide groups is 1. The molecule has 3 aromatic carbocycles. The predicted octanol–water partition coefficient (Wildman–Crippen LogP) is 3.51. The number of nitrogens with zero attached hydrogens (tertiary/aromatic N) is 4. The molecule has 1 aliphatic carbocycles. The summed E-state index contributed by atoms with van der Waals surface area (Å²) in [5.41, 5.74) is -0.673. The molecule has 3 aliphatic rings. The average molecular weight is 599 g/mol. The first-order valence-corrected chi connectivity index (χ1v) is 14.2. The summed E-state index contributed by atoms with van der Waals surface area (Å²) in [4.78, 5) is 57.3. The zero-order valence-electron chi connectivity index (χ0n) is 23.3. The molecular formula is C32H27ClN4O6. The van der Waals surface area contributed by atoms with Crippen LogP contribution in [0.3, 0.4) is 0 Å². The predicted molar refractivity (Wildman–Crippen MR) is 159 cm³/mol. The molecule has 7 rings (SSSR count). The molecule has 0 spiro atoms. The molecule has 1 N–H and O–H groups in total. The molecule has 2 fully saturated rings. The summed E-state index contributed by atoms with van der Waals surface area (Å²) >= 11 is 6.32. The van der Waals surface area contributed by atoms with Crippen molar-refractivity contribution in [1.82, 2.24) is 13.9 Å². The molecule has 1 saturated carbocycles. The largest absolute Gasteiger partial charge is 0.508 e. The minimum absolute atomic E-state index is 0.0676. The fourth-order valence-corrected chi connectivity index (χ4v) is 7.61. The number of aromatic nitrogens is 3. The topological polar surface area (TPSA) is 116 Å². The number of ether oxygens (including phenoxy) is 1. The lowest BCUT2D eigenvalue weighted by molar-refractivity contribution is -0.124. The number of benzene rings is 3. The Morgan fingerprint density at radius 2 is 1.70 bits per heavy atom. The second-order valence-electron chi connectivity index (χ2n) is 11.1. The van der Waals surface area contributed by atoms with E-state index in [4.69, 9.17) is 16.3 Å². The summed E-state index contributed by atoms with van der Waals surface area (Å²) in [6.07, 6.45) is 1.90. The highest BCUT2D eigenvalue weighted by Gasteiger charge is 2.69. The summed E-state index contributed by atoms with van der Waals surface area (Å²) in [7, 11) is 2.88. The van der Waals surface area contributed by atoms with E-state index in [1.165, 1.54) is 34.5 Å². The monoisotopic (exact) mass is 598 g/mol. The van der Waals surface area contributed by atoms with Gasteiger partial charge in [-0.25, -0.2) is 28.4 Å². The first-order valence-electron chi connectivity index (χ1n) is 13.8. The van der Waals surface area contributed by atoms with Crippen LogP contribution in [0.4, 0.5) is 5.69 Å². The smallest absolute Gasteiger partial charge is 0.347 e. The Bertz CT molecular complexity index is 1980. The van der Waals surface area contributed by atoms with Crippen LogP contribution in [0.25, 0.3) is 0 Å². The number of phenols is 1. The van der Waals surface area contributed by atoms with Crippen LogP contribution in [0.2, 0.25) is 5.02 Å². The van der Waals surface area contributed by atoms with Crippen LogP contribution in [0, 0.1) is 5.92 Å². The normalized spacial score (nSPS) is 24.3. The van der Waals surface area contributed by atoms with E-state index in [9.17, 15) is 19.5 Å². The molecule has 2 aliphatic heterocycles. The van der Waals surface area contributed by atoms with Crippen molar-refractivity contribution >= 4 is 29.1 Å². The van der Waals surface area contributed by atoms with Gasteiger partial charge in [-0.1, -0.05) is 60.1 Å². The molecule has 10 nitrogen and oxygen atoms in total. The van der Waals surface area contributed by atoms with Crippen molar-refractivity contribution in [2.24, 2.45) is 13.0 Å². The van der Waals surface area contributed by atoms with Gasteiger partial charge in [0, 0.05) is 23.6 Å². The summed E-state index contributed by atoms with van der Waals surface area (Å²) in [6.45, 7) is 0.0723. The minimum Gasteiger partial charge on any atom is -0.508 e. The van der Waals surface area contributed by atoms with Gasteiger partial charge in [0.2, 0.25) is 11.8 Å². The van der Waals surface area contributed by atoms with Crippen LogP contribution in [-0.2, 0) is 28.6 Å². The van der Waals surface area contributed by atoms with Crippen molar-refractivity contribution in [3.63, 3.8) is 0 Å². The van der Waals surface area contributed by atoms with Crippen molar-refractivity contribution in [2.45, 2.75) is 30.3 Å². The second kappa shape index (κ2) is 9.60. The van der Waals surface area contributed by atoms with Crippen LogP contribution in [0.15, 0.2) is 94.0 Å². The highest BCUT2D eigenvalue weighted by Crippen LogP contribution is 2.64. The number of hydrogen-bond donors (Lipinski definition) is 1. The molecule has 3 heterocycles. The Balaban J connectivity index is 1.59. The van der Waals surface area contributed by atoms with E-state index in [0.29, 0.717) is 33.2 Å². The van der Waals surface area contributed by atoms with E-state index in [1.807, 2.05) is 24.3 Å². The SMILES string of the molecule is COc1cccc(O)c1[C@H]1C2=CCn3c(=O)n(C)c(=O)n3[C@@H]2C[C@H]2C(=O)N(c3cccc(Cl)c3)C(=O)[C@@]12c1ccccc1. The minimum atomic E-state index is -1.53. The van der Waals surface area contributed by atoms with Crippen LogP contribution in [0.1, 0.15) is 29.5 Å². The fourth-order valence-electron chi connectivity index (χ4n) is 7.43. The molecule has 2 amide bonds. The fraction of sp³-hybridized carbons (Fsp3) is 0.250. The lowest BCUT2D eigenvalue weighted by Crippen LogP contribution is -2.53. The molecule has 218 valence electrons. The molecule has 0 unspecified atom stereocenters. The van der Waals surface area contributed by atoms with Crippen molar-refractivity contribution in [1.29, 1.82) is 0 Å². The highest BCUT2D eigenvalue weighted by molar-refractivity contribution is 6.32. The number of hydrogen-bond acceptors (Lipinski definition) is 6. The number of phenolic OH excluding ortho intramolecular Hbond substituents is 1. The number of fused-ring (bicyclic) bond motifs is 4. The third-order valence-electron chi connectivity index (χ3n) is 9.17. The first-order chi connectivity index (χ1) is 20.7. The molecule has 0 radical (unpaired) electrons. The summed E-state index contributed by atoms with van der Waals surface area (Å²) in [5.74, 6) is -2.65. The number of carbonyl (C=O) groups excluding carboxylic acids is 2. The molecule has 1 aromatic heterocycles. The van der Waals surface area contributed by atoms with E-state index in [1.54, 1.807) is 48.5 Å². The maximum Gasteiger partial charge on any atom is 0.347 e. The number of halogens is 1. The van der Waals surface area contributed by atoms with Gasteiger partial charge in [0.05, 0.1) is 36.7 Å². The van der Waals surface area contributed by atoms with Crippen LogP contribution in [-0.4, -0.2) is 38.0 Å². The van der Waals surface area contributed by atoms with Gasteiger partial charge in [0.25, 0.3) is 0 Å². The molecule has 4 atom stereocenters.